The summed E-state index contributed by atoms with van der Waals surface area (Å²) in [5.74, 6) is 0.440. The average Bonchev–Trinajstić information content (AvgIpc) is 3.38. The molecule has 3 aromatic carbocycles. The topological polar surface area (TPSA) is 69.2 Å². The minimum absolute atomic E-state index is 0. The summed E-state index contributed by atoms with van der Waals surface area (Å²) in [4.78, 5) is 0. The van der Waals surface area contributed by atoms with Gasteiger partial charge in [-0.25, -0.2) is 0 Å². The van der Waals surface area contributed by atoms with Crippen LogP contribution in [0.1, 0.15) is 326 Å². The van der Waals surface area contributed by atoms with Gasteiger partial charge >= 0.3 is 17.4 Å². The molecular weight excluding hydrogens is 904 g/mol. The zero-order chi connectivity index (χ0) is 51.9. The van der Waals surface area contributed by atoms with Gasteiger partial charge in [-0.2, -0.15) is 0 Å². The molecule has 0 saturated carbocycles. The molecule has 0 unspecified atom stereocenters. The standard InChI is InChI=1S/3C23H40O.Al/c3*1-2-3-4-5-6-7-8-9-10-11-12-13-14-15-16-18-22-19-17-20-23(24)21-22;/h3*17,19-21,24H,2-16,18H2,1H3;/q;;;+3/p-3. The molecule has 73 heavy (non-hydrogen) atoms. The average molecular weight is 1020 g/mol. The Hall–Kier alpha value is -2.41. The molecule has 0 aliphatic heterocycles. The van der Waals surface area contributed by atoms with Crippen molar-refractivity contribution in [1.82, 2.24) is 0 Å². The summed E-state index contributed by atoms with van der Waals surface area (Å²) in [5.41, 5.74) is 3.62. The minimum Gasteiger partial charge on any atom is -0.872 e. The Morgan fingerprint density at radius 1 is 0.219 bits per heavy atom. The van der Waals surface area contributed by atoms with Crippen LogP contribution in [0, 0.1) is 0 Å². The first kappa shape index (κ1) is 70.6. The van der Waals surface area contributed by atoms with Gasteiger partial charge in [-0.05, 0) is 55.2 Å². The van der Waals surface area contributed by atoms with Crippen LogP contribution in [0.4, 0.5) is 0 Å². The van der Waals surface area contributed by atoms with Gasteiger partial charge < -0.3 is 15.3 Å². The van der Waals surface area contributed by atoms with Crippen molar-refractivity contribution in [3.05, 3.63) is 89.5 Å². The molecule has 3 rings (SSSR count). The molecule has 414 valence electrons. The van der Waals surface area contributed by atoms with E-state index in [9.17, 15) is 15.3 Å². The molecule has 0 N–H and O–H groups in total. The van der Waals surface area contributed by atoms with Crippen molar-refractivity contribution < 1.29 is 15.3 Å². The molecule has 0 spiro atoms. The van der Waals surface area contributed by atoms with E-state index in [-0.39, 0.29) is 34.6 Å². The van der Waals surface area contributed by atoms with Crippen LogP contribution < -0.4 is 15.3 Å². The van der Waals surface area contributed by atoms with Crippen molar-refractivity contribution in [2.45, 2.75) is 329 Å². The van der Waals surface area contributed by atoms with Crippen LogP contribution in [-0.4, -0.2) is 17.4 Å². The third kappa shape index (κ3) is 51.5. The Bertz CT molecular complexity index is 1340. The first-order valence-electron chi connectivity index (χ1n) is 31.8. The van der Waals surface area contributed by atoms with Gasteiger partial charge in [0.2, 0.25) is 0 Å². The fourth-order valence-corrected chi connectivity index (χ4v) is 10.2. The van der Waals surface area contributed by atoms with Gasteiger partial charge in [-0.1, -0.05) is 363 Å². The zero-order valence-corrected chi connectivity index (χ0v) is 49.8. The van der Waals surface area contributed by atoms with Gasteiger partial charge in [0.1, 0.15) is 0 Å². The van der Waals surface area contributed by atoms with Gasteiger partial charge in [-0.15, -0.1) is 17.2 Å². The van der Waals surface area contributed by atoms with Crippen LogP contribution in [0.5, 0.6) is 17.2 Å². The number of benzene rings is 3. The van der Waals surface area contributed by atoms with E-state index in [4.69, 9.17) is 0 Å². The maximum Gasteiger partial charge on any atom is 3.00 e. The second-order valence-electron chi connectivity index (χ2n) is 22.0. The Kier molecular flexibility index (Phi) is 55.4. The van der Waals surface area contributed by atoms with Crippen molar-refractivity contribution in [2.24, 2.45) is 0 Å². The molecule has 0 heterocycles. The van der Waals surface area contributed by atoms with Crippen LogP contribution in [0.2, 0.25) is 0 Å². The van der Waals surface area contributed by atoms with Crippen LogP contribution >= 0.6 is 0 Å². The van der Waals surface area contributed by atoms with Gasteiger partial charge in [0, 0.05) is 0 Å². The van der Waals surface area contributed by atoms with Gasteiger partial charge in [0.05, 0.1) is 0 Å². The first-order valence-corrected chi connectivity index (χ1v) is 31.8. The van der Waals surface area contributed by atoms with E-state index >= 15 is 0 Å². The third-order valence-electron chi connectivity index (χ3n) is 14.9. The van der Waals surface area contributed by atoms with Gasteiger partial charge in [-0.3, -0.25) is 0 Å². The monoisotopic (exact) mass is 1020 g/mol. The molecule has 0 fully saturated rings. The van der Waals surface area contributed by atoms with Crippen LogP contribution in [-0.2, 0) is 19.3 Å². The first-order chi connectivity index (χ1) is 35.5. The second kappa shape index (κ2) is 57.3. The number of hydrogen-bond donors (Lipinski definition) is 0. The molecule has 0 radical (unpaired) electrons. The van der Waals surface area contributed by atoms with E-state index in [1.165, 1.54) is 306 Å². The Labute approximate surface area is 465 Å². The van der Waals surface area contributed by atoms with E-state index in [0.717, 1.165) is 19.3 Å². The smallest absolute Gasteiger partial charge is 0.872 e. The van der Waals surface area contributed by atoms with E-state index in [1.807, 2.05) is 18.2 Å². The van der Waals surface area contributed by atoms with Crippen molar-refractivity contribution in [3.63, 3.8) is 0 Å². The fourth-order valence-electron chi connectivity index (χ4n) is 10.2. The Balaban J connectivity index is 0.00000106. The zero-order valence-electron chi connectivity index (χ0n) is 48.7. The molecule has 0 aromatic heterocycles. The molecule has 0 bridgehead atoms. The van der Waals surface area contributed by atoms with E-state index in [0.29, 0.717) is 0 Å². The van der Waals surface area contributed by atoms with Crippen molar-refractivity contribution in [2.75, 3.05) is 0 Å². The normalized spacial score (nSPS) is 10.9. The molecule has 3 aromatic rings. The number of aryl methyl sites for hydroxylation is 3. The number of unbranched alkanes of at least 4 members (excludes halogenated alkanes) is 42. The summed E-state index contributed by atoms with van der Waals surface area (Å²) >= 11 is 0. The maximum absolute atomic E-state index is 11.3. The third-order valence-corrected chi connectivity index (χ3v) is 14.9. The summed E-state index contributed by atoms with van der Waals surface area (Å²) in [6, 6.07) is 22.1. The molecule has 4 heteroatoms. The van der Waals surface area contributed by atoms with Crippen molar-refractivity contribution in [3.8, 4) is 17.2 Å². The molecule has 0 aliphatic carbocycles. The molecule has 0 aliphatic rings. The SMILES string of the molecule is CCCCCCCCCCCCCCCCCc1cccc([O-])c1.CCCCCCCCCCCCCCCCCc1cccc([O-])c1.CCCCCCCCCCCCCCCCCc1cccc([O-])c1.[Al+3]. The van der Waals surface area contributed by atoms with Gasteiger partial charge in [0.25, 0.3) is 0 Å². The summed E-state index contributed by atoms with van der Waals surface area (Å²) in [5, 5.41) is 33.8. The van der Waals surface area contributed by atoms with E-state index in [1.54, 1.807) is 36.4 Å². The van der Waals surface area contributed by atoms with Crippen LogP contribution in [0.3, 0.4) is 0 Å². The number of rotatable bonds is 48. The molecule has 0 atom stereocenters. The van der Waals surface area contributed by atoms with Crippen LogP contribution in [0.25, 0.3) is 0 Å². The minimum atomic E-state index is 0. The van der Waals surface area contributed by atoms with Crippen molar-refractivity contribution >= 4 is 17.4 Å². The molecule has 0 saturated heterocycles. The molecule has 3 nitrogen and oxygen atoms in total. The molecule has 0 amide bonds. The predicted molar refractivity (Wildman–Crippen MR) is 319 cm³/mol. The second-order valence-corrected chi connectivity index (χ2v) is 22.0. The summed E-state index contributed by atoms with van der Waals surface area (Å²) in [6.45, 7) is 6.85. The maximum atomic E-state index is 11.3. The Morgan fingerprint density at radius 2 is 0.370 bits per heavy atom. The summed E-state index contributed by atoms with van der Waals surface area (Å²) in [6.07, 6.45) is 66.2. The van der Waals surface area contributed by atoms with Crippen molar-refractivity contribution in [1.29, 1.82) is 0 Å². The summed E-state index contributed by atoms with van der Waals surface area (Å²) < 4.78 is 0. The van der Waals surface area contributed by atoms with Gasteiger partial charge in [0.15, 0.2) is 0 Å². The quantitative estimate of drug-likeness (QED) is 0.0418. The van der Waals surface area contributed by atoms with E-state index < -0.39 is 0 Å². The fraction of sp³-hybridized carbons (Fsp3) is 0.739. The van der Waals surface area contributed by atoms with Crippen LogP contribution in [0.15, 0.2) is 72.8 Å². The molecular formula is C69H117AlO3. The Morgan fingerprint density at radius 3 is 0.521 bits per heavy atom. The van der Waals surface area contributed by atoms with E-state index in [2.05, 4.69) is 39.0 Å². The number of hydrogen-bond acceptors (Lipinski definition) is 3. The predicted octanol–water partition coefficient (Wildman–Crippen LogP) is 21.1. The largest absolute Gasteiger partial charge is 3.00 e. The summed E-state index contributed by atoms with van der Waals surface area (Å²) in [7, 11) is 0.